The van der Waals surface area contributed by atoms with Gasteiger partial charge in [0.05, 0.1) is 11.5 Å². The molecule has 0 saturated carbocycles. The third-order valence-electron chi connectivity index (χ3n) is 3.91. The molecular formula is C19H26ClN3O4S. The SMILES string of the molecule is CCOc1ccc(S(=O)(=O)Nc2ccc(C(=O)NCC(C)NC)cc2)cc1.Cl. The molecule has 0 radical (unpaired) electrons. The van der Waals surface area contributed by atoms with Crippen LogP contribution in [0.15, 0.2) is 53.4 Å². The summed E-state index contributed by atoms with van der Waals surface area (Å²) in [4.78, 5) is 12.2. The smallest absolute Gasteiger partial charge is 0.261 e. The molecule has 0 aliphatic heterocycles. The van der Waals surface area contributed by atoms with Gasteiger partial charge in [0.1, 0.15) is 5.75 Å². The number of nitrogens with one attached hydrogen (secondary N) is 3. The molecule has 0 fully saturated rings. The average molecular weight is 428 g/mol. The summed E-state index contributed by atoms with van der Waals surface area (Å²) in [5, 5.41) is 5.84. The van der Waals surface area contributed by atoms with E-state index in [2.05, 4.69) is 15.4 Å². The van der Waals surface area contributed by atoms with Crippen molar-refractivity contribution in [2.24, 2.45) is 0 Å². The zero-order valence-corrected chi connectivity index (χ0v) is 17.7. The van der Waals surface area contributed by atoms with Gasteiger partial charge in [0.15, 0.2) is 0 Å². The average Bonchev–Trinajstić information content (AvgIpc) is 2.66. The van der Waals surface area contributed by atoms with Crippen molar-refractivity contribution in [3.63, 3.8) is 0 Å². The van der Waals surface area contributed by atoms with Crippen LogP contribution in [0.4, 0.5) is 5.69 Å². The Morgan fingerprint density at radius 3 is 2.21 bits per heavy atom. The molecule has 0 bridgehead atoms. The number of carbonyl (C=O) groups is 1. The highest BCUT2D eigenvalue weighted by molar-refractivity contribution is 7.92. The van der Waals surface area contributed by atoms with E-state index in [4.69, 9.17) is 4.74 Å². The Hall–Kier alpha value is -2.29. The van der Waals surface area contributed by atoms with Gasteiger partial charge in [-0.3, -0.25) is 9.52 Å². The van der Waals surface area contributed by atoms with Gasteiger partial charge in [0.25, 0.3) is 15.9 Å². The topological polar surface area (TPSA) is 96.5 Å². The molecule has 28 heavy (non-hydrogen) atoms. The molecule has 9 heteroatoms. The Balaban J connectivity index is 0.00000392. The normalized spacial score (nSPS) is 11.8. The lowest BCUT2D eigenvalue weighted by atomic mass is 10.2. The molecule has 0 saturated heterocycles. The van der Waals surface area contributed by atoms with Crippen molar-refractivity contribution >= 4 is 34.0 Å². The first kappa shape index (κ1) is 23.7. The van der Waals surface area contributed by atoms with Gasteiger partial charge in [-0.05, 0) is 69.4 Å². The monoisotopic (exact) mass is 427 g/mol. The minimum absolute atomic E-state index is 0. The predicted octanol–water partition coefficient (Wildman–Crippen LogP) is 2.65. The van der Waals surface area contributed by atoms with Crippen molar-refractivity contribution in [3.8, 4) is 5.75 Å². The highest BCUT2D eigenvalue weighted by atomic mass is 35.5. The first-order chi connectivity index (χ1) is 12.9. The van der Waals surface area contributed by atoms with Crippen LogP contribution in [0.3, 0.4) is 0 Å². The molecule has 0 aromatic heterocycles. The minimum Gasteiger partial charge on any atom is -0.494 e. The van der Waals surface area contributed by atoms with Gasteiger partial charge < -0.3 is 15.4 Å². The molecule has 154 valence electrons. The number of anilines is 1. The molecule has 0 aliphatic carbocycles. The number of rotatable bonds is 9. The zero-order valence-electron chi connectivity index (χ0n) is 16.1. The summed E-state index contributed by atoms with van der Waals surface area (Å²) in [6, 6.07) is 12.6. The third kappa shape index (κ3) is 6.70. The Labute approximate surface area is 172 Å². The van der Waals surface area contributed by atoms with Crippen molar-refractivity contribution in [1.82, 2.24) is 10.6 Å². The quantitative estimate of drug-likeness (QED) is 0.571. The van der Waals surface area contributed by atoms with Gasteiger partial charge in [-0.2, -0.15) is 0 Å². The molecule has 2 rings (SSSR count). The van der Waals surface area contributed by atoms with Gasteiger partial charge in [0, 0.05) is 23.8 Å². The van der Waals surface area contributed by atoms with E-state index in [0.717, 1.165) is 0 Å². The van der Waals surface area contributed by atoms with E-state index in [1.54, 1.807) is 36.4 Å². The van der Waals surface area contributed by atoms with E-state index in [0.29, 0.717) is 30.2 Å². The summed E-state index contributed by atoms with van der Waals surface area (Å²) in [6.07, 6.45) is 0. The van der Waals surface area contributed by atoms with E-state index >= 15 is 0 Å². The summed E-state index contributed by atoms with van der Waals surface area (Å²) >= 11 is 0. The van der Waals surface area contributed by atoms with Gasteiger partial charge in [-0.25, -0.2) is 8.42 Å². The lowest BCUT2D eigenvalue weighted by molar-refractivity contribution is 0.0950. The molecule has 3 N–H and O–H groups in total. The standard InChI is InChI=1S/C19H25N3O4S.ClH/c1-4-26-17-9-11-18(12-10-17)27(24,25)22-16-7-5-15(6-8-16)19(23)21-13-14(2)20-3;/h5-12,14,20,22H,4,13H2,1-3H3,(H,21,23);1H. The molecule has 2 aromatic rings. The predicted molar refractivity (Wildman–Crippen MR) is 113 cm³/mol. The highest BCUT2D eigenvalue weighted by Gasteiger charge is 2.15. The van der Waals surface area contributed by atoms with Gasteiger partial charge >= 0.3 is 0 Å². The van der Waals surface area contributed by atoms with Crippen molar-refractivity contribution in [2.75, 3.05) is 24.9 Å². The maximum Gasteiger partial charge on any atom is 0.261 e. The van der Waals surface area contributed by atoms with E-state index in [1.807, 2.05) is 20.9 Å². The summed E-state index contributed by atoms with van der Waals surface area (Å²) in [5.74, 6) is 0.400. The molecule has 1 amide bonds. The fourth-order valence-electron chi connectivity index (χ4n) is 2.24. The van der Waals surface area contributed by atoms with Crippen LogP contribution in [0, 0.1) is 0 Å². The van der Waals surface area contributed by atoms with Crippen molar-refractivity contribution in [1.29, 1.82) is 0 Å². The summed E-state index contributed by atoms with van der Waals surface area (Å²) < 4.78 is 32.7. The Bertz CT molecular complexity index is 856. The Kier molecular flexibility index (Phi) is 9.24. The van der Waals surface area contributed by atoms with Crippen LogP contribution < -0.4 is 20.1 Å². The Morgan fingerprint density at radius 2 is 1.68 bits per heavy atom. The first-order valence-electron chi connectivity index (χ1n) is 8.67. The number of ether oxygens (including phenoxy) is 1. The second-order valence-electron chi connectivity index (χ2n) is 5.99. The third-order valence-corrected chi connectivity index (χ3v) is 5.30. The molecule has 1 unspecified atom stereocenters. The van der Waals surface area contributed by atoms with Crippen molar-refractivity contribution in [2.45, 2.75) is 24.8 Å². The Morgan fingerprint density at radius 1 is 1.07 bits per heavy atom. The summed E-state index contributed by atoms with van der Waals surface area (Å²) in [5.41, 5.74) is 0.839. The molecule has 1 atom stereocenters. The number of halogens is 1. The number of benzene rings is 2. The zero-order chi connectivity index (χ0) is 19.9. The lowest BCUT2D eigenvalue weighted by Gasteiger charge is -2.12. The fraction of sp³-hybridized carbons (Fsp3) is 0.316. The summed E-state index contributed by atoms with van der Waals surface area (Å²) in [7, 11) is -1.90. The fourth-order valence-corrected chi connectivity index (χ4v) is 3.29. The number of likely N-dealkylation sites (N-methyl/N-ethyl adjacent to an activating group) is 1. The van der Waals surface area contributed by atoms with Crippen LogP contribution in [-0.2, 0) is 10.0 Å². The molecule has 0 spiro atoms. The van der Waals surface area contributed by atoms with Crippen LogP contribution in [-0.4, -0.2) is 40.6 Å². The van der Waals surface area contributed by atoms with E-state index in [1.165, 1.54) is 12.1 Å². The number of carbonyl (C=O) groups excluding carboxylic acids is 1. The molecular weight excluding hydrogens is 402 g/mol. The van der Waals surface area contributed by atoms with Gasteiger partial charge in [-0.1, -0.05) is 0 Å². The second kappa shape index (κ2) is 10.9. The van der Waals surface area contributed by atoms with Crippen LogP contribution >= 0.6 is 12.4 Å². The van der Waals surface area contributed by atoms with Crippen LogP contribution in [0.1, 0.15) is 24.2 Å². The minimum atomic E-state index is -3.72. The van der Waals surface area contributed by atoms with Crippen molar-refractivity contribution < 1.29 is 17.9 Å². The molecule has 2 aromatic carbocycles. The van der Waals surface area contributed by atoms with E-state index < -0.39 is 10.0 Å². The lowest BCUT2D eigenvalue weighted by Crippen LogP contribution is -2.37. The first-order valence-corrected chi connectivity index (χ1v) is 10.1. The number of sulfonamides is 1. The van der Waals surface area contributed by atoms with Gasteiger partial charge in [0.2, 0.25) is 0 Å². The maximum atomic E-state index is 12.5. The number of hydrogen-bond donors (Lipinski definition) is 3. The molecule has 7 nitrogen and oxygen atoms in total. The molecule has 0 heterocycles. The van der Waals surface area contributed by atoms with Gasteiger partial charge in [-0.15, -0.1) is 12.4 Å². The van der Waals surface area contributed by atoms with Crippen LogP contribution in [0.5, 0.6) is 5.75 Å². The number of amides is 1. The number of hydrogen-bond acceptors (Lipinski definition) is 5. The highest BCUT2D eigenvalue weighted by Crippen LogP contribution is 2.19. The van der Waals surface area contributed by atoms with E-state index in [-0.39, 0.29) is 29.3 Å². The van der Waals surface area contributed by atoms with Crippen molar-refractivity contribution in [3.05, 3.63) is 54.1 Å². The maximum absolute atomic E-state index is 12.5. The van der Waals surface area contributed by atoms with Crippen LogP contribution in [0.25, 0.3) is 0 Å². The van der Waals surface area contributed by atoms with Crippen LogP contribution in [0.2, 0.25) is 0 Å². The molecule has 0 aliphatic rings. The summed E-state index contributed by atoms with van der Waals surface area (Å²) in [6.45, 7) is 4.83. The largest absolute Gasteiger partial charge is 0.494 e. The van der Waals surface area contributed by atoms with E-state index in [9.17, 15) is 13.2 Å². The second-order valence-corrected chi connectivity index (χ2v) is 7.67.